The van der Waals surface area contributed by atoms with Gasteiger partial charge in [-0.1, -0.05) is 5.16 Å². The molecular formula is C20H25N5O4. The minimum absolute atomic E-state index is 0.115. The SMILES string of the molecule is Cc1onc(C(=O)NC23CC4CC(CC(C4)C2)C3)c1Cn1nc([N+](=O)[O-])cc1C. The Morgan fingerprint density at radius 1 is 1.28 bits per heavy atom. The van der Waals surface area contributed by atoms with Gasteiger partial charge in [-0.25, -0.2) is 0 Å². The fourth-order valence-electron chi connectivity index (χ4n) is 6.21. The summed E-state index contributed by atoms with van der Waals surface area (Å²) in [6.45, 7) is 3.70. The van der Waals surface area contributed by atoms with Crippen molar-refractivity contribution >= 4 is 11.7 Å². The molecule has 0 spiro atoms. The van der Waals surface area contributed by atoms with Crippen LogP contribution in [0.3, 0.4) is 0 Å². The number of nitro groups is 1. The number of rotatable bonds is 5. The lowest BCUT2D eigenvalue weighted by atomic mass is 9.53. The van der Waals surface area contributed by atoms with E-state index >= 15 is 0 Å². The highest BCUT2D eigenvalue weighted by atomic mass is 16.6. The molecule has 1 amide bonds. The van der Waals surface area contributed by atoms with Gasteiger partial charge in [0, 0.05) is 5.54 Å². The number of aryl methyl sites for hydroxylation is 2. The van der Waals surface area contributed by atoms with Crippen LogP contribution < -0.4 is 5.32 Å². The standard InChI is InChI=1S/C20H25N5O4/c1-11-3-17(25(27)28)22-24(11)10-16-12(2)29-23-18(16)19(26)21-20-7-13-4-14(8-20)6-15(5-13)9-20/h3,13-15H,4-10H2,1-2H3,(H,21,26). The first kappa shape index (κ1) is 18.3. The van der Waals surface area contributed by atoms with E-state index in [1.54, 1.807) is 13.8 Å². The molecule has 0 aliphatic heterocycles. The molecule has 0 unspecified atom stereocenters. The average Bonchev–Trinajstić information content (AvgIpc) is 3.17. The highest BCUT2D eigenvalue weighted by molar-refractivity contribution is 5.94. The van der Waals surface area contributed by atoms with Crippen molar-refractivity contribution in [3.8, 4) is 0 Å². The average molecular weight is 399 g/mol. The Morgan fingerprint density at radius 3 is 2.45 bits per heavy atom. The van der Waals surface area contributed by atoms with Gasteiger partial charge in [0.25, 0.3) is 5.91 Å². The number of nitrogens with one attached hydrogen (secondary N) is 1. The Hall–Kier alpha value is -2.71. The van der Waals surface area contributed by atoms with Gasteiger partial charge in [0.05, 0.1) is 29.0 Å². The van der Waals surface area contributed by atoms with Crippen molar-refractivity contribution in [3.63, 3.8) is 0 Å². The number of nitrogens with zero attached hydrogens (tertiary/aromatic N) is 4. The second-order valence-corrected chi connectivity index (χ2v) is 9.28. The molecule has 4 aliphatic carbocycles. The Labute approximate surface area is 168 Å². The molecule has 4 aliphatic rings. The molecule has 9 nitrogen and oxygen atoms in total. The van der Waals surface area contributed by atoms with Crippen LogP contribution in [0.2, 0.25) is 0 Å². The number of hydrogen-bond acceptors (Lipinski definition) is 6. The van der Waals surface area contributed by atoms with E-state index in [0.29, 0.717) is 17.0 Å². The Morgan fingerprint density at radius 2 is 1.90 bits per heavy atom. The fourth-order valence-corrected chi connectivity index (χ4v) is 6.21. The van der Waals surface area contributed by atoms with Gasteiger partial charge in [0.2, 0.25) is 0 Å². The lowest BCUT2D eigenvalue weighted by Gasteiger charge is -2.56. The normalized spacial score (nSPS) is 29.9. The van der Waals surface area contributed by atoms with E-state index < -0.39 is 4.92 Å². The van der Waals surface area contributed by atoms with Gasteiger partial charge < -0.3 is 20.0 Å². The smallest absolute Gasteiger partial charge is 0.361 e. The van der Waals surface area contributed by atoms with E-state index in [-0.39, 0.29) is 29.5 Å². The molecule has 2 heterocycles. The Kier molecular flexibility index (Phi) is 4.04. The second kappa shape index (κ2) is 6.40. The lowest BCUT2D eigenvalue weighted by molar-refractivity contribution is -0.389. The summed E-state index contributed by atoms with van der Waals surface area (Å²) >= 11 is 0. The van der Waals surface area contributed by atoms with Crippen molar-refractivity contribution in [2.45, 2.75) is 64.5 Å². The van der Waals surface area contributed by atoms with Gasteiger partial charge in [-0.05, 0) is 75.0 Å². The lowest BCUT2D eigenvalue weighted by Crippen LogP contribution is -2.60. The molecule has 1 N–H and O–H groups in total. The number of carbonyl (C=O) groups is 1. The number of amides is 1. The summed E-state index contributed by atoms with van der Waals surface area (Å²) in [5.41, 5.74) is 1.41. The third kappa shape index (κ3) is 3.12. The van der Waals surface area contributed by atoms with E-state index in [4.69, 9.17) is 4.52 Å². The molecule has 2 aromatic heterocycles. The van der Waals surface area contributed by atoms with Crippen molar-refractivity contribution in [1.29, 1.82) is 0 Å². The van der Waals surface area contributed by atoms with E-state index in [1.165, 1.54) is 30.0 Å². The maximum atomic E-state index is 13.2. The van der Waals surface area contributed by atoms with Gasteiger partial charge in [-0.15, -0.1) is 0 Å². The molecule has 0 atom stereocenters. The first-order chi connectivity index (χ1) is 13.8. The highest BCUT2D eigenvalue weighted by Gasteiger charge is 2.51. The van der Waals surface area contributed by atoms with E-state index in [9.17, 15) is 14.9 Å². The van der Waals surface area contributed by atoms with Crippen LogP contribution in [0.5, 0.6) is 0 Å². The summed E-state index contributed by atoms with van der Waals surface area (Å²) in [6, 6.07) is 1.41. The fraction of sp³-hybridized carbons (Fsp3) is 0.650. The summed E-state index contributed by atoms with van der Waals surface area (Å²) in [7, 11) is 0. The maximum absolute atomic E-state index is 13.2. The van der Waals surface area contributed by atoms with Crippen LogP contribution >= 0.6 is 0 Å². The number of aromatic nitrogens is 3. The van der Waals surface area contributed by atoms with Crippen LogP contribution in [0.4, 0.5) is 5.82 Å². The van der Waals surface area contributed by atoms with E-state index in [2.05, 4.69) is 15.6 Å². The highest BCUT2D eigenvalue weighted by Crippen LogP contribution is 2.55. The van der Waals surface area contributed by atoms with Crippen LogP contribution in [0, 0.1) is 41.7 Å². The van der Waals surface area contributed by atoms with Crippen LogP contribution in [-0.2, 0) is 6.54 Å². The topological polar surface area (TPSA) is 116 Å². The van der Waals surface area contributed by atoms with Crippen molar-refractivity contribution in [3.05, 3.63) is 38.9 Å². The van der Waals surface area contributed by atoms with Gasteiger partial charge in [-0.3, -0.25) is 4.79 Å². The van der Waals surface area contributed by atoms with Crippen LogP contribution in [0.25, 0.3) is 0 Å². The summed E-state index contributed by atoms with van der Waals surface area (Å²) in [5, 5.41) is 22.4. The Bertz CT molecular complexity index is 956. The van der Waals surface area contributed by atoms with Crippen molar-refractivity contribution < 1.29 is 14.2 Å². The largest absolute Gasteiger partial charge is 0.390 e. The van der Waals surface area contributed by atoms with Crippen LogP contribution in [-0.4, -0.2) is 31.3 Å². The molecule has 4 fully saturated rings. The first-order valence-electron chi connectivity index (χ1n) is 10.3. The molecule has 2 aromatic rings. The quantitative estimate of drug-likeness (QED) is 0.610. The van der Waals surface area contributed by atoms with Crippen molar-refractivity contribution in [2.24, 2.45) is 17.8 Å². The summed E-state index contributed by atoms with van der Waals surface area (Å²) < 4.78 is 6.83. The van der Waals surface area contributed by atoms with Gasteiger partial charge in [0.1, 0.15) is 5.76 Å². The summed E-state index contributed by atoms with van der Waals surface area (Å²) in [4.78, 5) is 23.7. The summed E-state index contributed by atoms with van der Waals surface area (Å²) in [6.07, 6.45) is 7.09. The van der Waals surface area contributed by atoms with E-state index in [0.717, 1.165) is 37.0 Å². The monoisotopic (exact) mass is 399 g/mol. The molecule has 9 heteroatoms. The predicted molar refractivity (Wildman–Crippen MR) is 102 cm³/mol. The number of hydrogen-bond donors (Lipinski definition) is 1. The zero-order valence-electron chi connectivity index (χ0n) is 16.7. The molecule has 4 saturated carbocycles. The zero-order valence-corrected chi connectivity index (χ0v) is 16.7. The minimum atomic E-state index is -0.523. The third-order valence-electron chi connectivity index (χ3n) is 7.08. The first-order valence-corrected chi connectivity index (χ1v) is 10.3. The van der Waals surface area contributed by atoms with Gasteiger partial charge in [-0.2, -0.15) is 4.68 Å². The van der Waals surface area contributed by atoms with Gasteiger partial charge in [0.15, 0.2) is 5.69 Å². The van der Waals surface area contributed by atoms with Crippen LogP contribution in [0.1, 0.15) is 66.0 Å². The minimum Gasteiger partial charge on any atom is -0.361 e. The second-order valence-electron chi connectivity index (χ2n) is 9.28. The van der Waals surface area contributed by atoms with Gasteiger partial charge >= 0.3 is 5.82 Å². The Balaban J connectivity index is 1.38. The molecule has 0 radical (unpaired) electrons. The number of carbonyl (C=O) groups excluding carboxylic acids is 1. The molecule has 154 valence electrons. The van der Waals surface area contributed by atoms with Crippen molar-refractivity contribution in [2.75, 3.05) is 0 Å². The molecule has 6 rings (SSSR count). The molecular weight excluding hydrogens is 374 g/mol. The zero-order chi connectivity index (χ0) is 20.3. The summed E-state index contributed by atoms with van der Waals surface area (Å²) in [5.74, 6) is 2.29. The third-order valence-corrected chi connectivity index (χ3v) is 7.08. The predicted octanol–water partition coefficient (Wildman–Crippen LogP) is 3.14. The van der Waals surface area contributed by atoms with Crippen molar-refractivity contribution in [1.82, 2.24) is 20.3 Å². The van der Waals surface area contributed by atoms with E-state index in [1.807, 2.05) is 0 Å². The van der Waals surface area contributed by atoms with Crippen LogP contribution in [0.15, 0.2) is 10.6 Å². The molecule has 0 aromatic carbocycles. The molecule has 29 heavy (non-hydrogen) atoms. The molecule has 4 bridgehead atoms. The maximum Gasteiger partial charge on any atom is 0.390 e. The molecule has 0 saturated heterocycles.